The molecule has 1 aliphatic rings. The molecule has 0 spiro atoms. The number of amides is 1. The number of allylic oxidation sites excluding steroid dienone is 2. The van der Waals surface area contributed by atoms with E-state index in [1.54, 1.807) is 39.8 Å². The molecule has 0 heterocycles. The minimum Gasteiger partial charge on any atom is -0.465 e. The van der Waals surface area contributed by atoms with Gasteiger partial charge in [0, 0.05) is 6.54 Å². The first kappa shape index (κ1) is 23.2. The highest BCUT2D eigenvalue weighted by Gasteiger charge is 2.26. The van der Waals surface area contributed by atoms with Crippen molar-refractivity contribution in [1.82, 2.24) is 5.32 Å². The second-order valence-corrected chi connectivity index (χ2v) is 8.31. The molecule has 0 saturated heterocycles. The van der Waals surface area contributed by atoms with Crippen molar-refractivity contribution in [1.29, 1.82) is 0 Å². The van der Waals surface area contributed by atoms with Gasteiger partial charge in [0.25, 0.3) is 0 Å². The summed E-state index contributed by atoms with van der Waals surface area (Å²) in [5.74, 6) is -1.38. The summed E-state index contributed by atoms with van der Waals surface area (Å²) in [6, 6.07) is 3.24. The molecule has 0 radical (unpaired) electrons. The Hall–Kier alpha value is -3.09. The number of nitrogens with one attached hydrogen (secondary N) is 2. The molecule has 2 N–H and O–H groups in total. The van der Waals surface area contributed by atoms with Crippen LogP contribution in [0.4, 0.5) is 14.9 Å². The number of halogens is 1. The van der Waals surface area contributed by atoms with Crippen molar-refractivity contribution in [2.75, 3.05) is 19.0 Å². The fourth-order valence-electron chi connectivity index (χ4n) is 2.99. The molecule has 0 bridgehead atoms. The van der Waals surface area contributed by atoms with Gasteiger partial charge >= 0.3 is 12.1 Å². The molecule has 1 aliphatic carbocycles. The average Bonchev–Trinajstić information content (AvgIpc) is 2.80. The summed E-state index contributed by atoms with van der Waals surface area (Å²) in [7, 11) is 1.22. The molecule has 2 rings (SSSR count). The van der Waals surface area contributed by atoms with Gasteiger partial charge in [0.05, 0.1) is 18.3 Å². The zero-order valence-electron chi connectivity index (χ0n) is 18.3. The number of esters is 1. The number of methoxy groups -OCH3 is 1. The van der Waals surface area contributed by atoms with E-state index in [0.717, 1.165) is 5.57 Å². The number of ether oxygens (including phenoxy) is 2. The second-order valence-electron chi connectivity index (χ2n) is 8.31. The van der Waals surface area contributed by atoms with Gasteiger partial charge in [0.1, 0.15) is 11.2 Å². The van der Waals surface area contributed by atoms with Gasteiger partial charge in [-0.2, -0.15) is 0 Å². The van der Waals surface area contributed by atoms with Crippen LogP contribution >= 0.6 is 0 Å². The van der Waals surface area contributed by atoms with Crippen LogP contribution in [-0.2, 0) is 9.47 Å². The van der Waals surface area contributed by atoms with Crippen molar-refractivity contribution < 1.29 is 23.5 Å². The third-order valence-corrected chi connectivity index (χ3v) is 4.34. The number of hydrogen-bond donors (Lipinski definition) is 2. The monoisotopic (exact) mass is 416 g/mol. The number of alkyl carbamates (subject to hydrolysis) is 1. The summed E-state index contributed by atoms with van der Waals surface area (Å²) < 4.78 is 24.8. The van der Waals surface area contributed by atoms with E-state index >= 15 is 0 Å². The van der Waals surface area contributed by atoms with E-state index in [2.05, 4.69) is 15.4 Å². The van der Waals surface area contributed by atoms with E-state index in [4.69, 9.17) is 4.74 Å². The van der Waals surface area contributed by atoms with Crippen molar-refractivity contribution in [3.63, 3.8) is 0 Å². The maximum atomic E-state index is 14.8. The third kappa shape index (κ3) is 6.20. The lowest BCUT2D eigenvalue weighted by atomic mass is 9.99. The fourth-order valence-corrected chi connectivity index (χ4v) is 2.99. The molecule has 1 aromatic carbocycles. The minimum atomic E-state index is -0.786. The van der Waals surface area contributed by atoms with Gasteiger partial charge in [-0.3, -0.25) is 0 Å². The van der Waals surface area contributed by atoms with Gasteiger partial charge in [-0.15, -0.1) is 0 Å². The van der Waals surface area contributed by atoms with E-state index in [9.17, 15) is 14.0 Å². The van der Waals surface area contributed by atoms with E-state index in [1.165, 1.54) is 7.11 Å². The number of benzene rings is 1. The summed E-state index contributed by atoms with van der Waals surface area (Å²) in [6.07, 6.45) is 8.68. The molecule has 0 fully saturated rings. The van der Waals surface area contributed by atoms with Crippen LogP contribution in [0.2, 0.25) is 0 Å². The Bertz CT molecular complexity index is 913. The summed E-state index contributed by atoms with van der Waals surface area (Å²) in [4.78, 5) is 24.1. The summed E-state index contributed by atoms with van der Waals surface area (Å²) in [6.45, 7) is 9.15. The normalized spacial score (nSPS) is 18.3. The van der Waals surface area contributed by atoms with Crippen molar-refractivity contribution in [2.24, 2.45) is 0 Å². The topological polar surface area (TPSA) is 76.7 Å². The van der Waals surface area contributed by atoms with E-state index < -0.39 is 29.0 Å². The Morgan fingerprint density at radius 1 is 1.20 bits per heavy atom. The van der Waals surface area contributed by atoms with Crippen LogP contribution in [0.15, 0.2) is 48.1 Å². The largest absolute Gasteiger partial charge is 0.465 e. The maximum Gasteiger partial charge on any atom is 0.408 e. The quantitative estimate of drug-likeness (QED) is 0.682. The van der Waals surface area contributed by atoms with E-state index in [1.807, 2.05) is 37.3 Å². The number of carbonyl (C=O) groups excluding carboxylic acids is 2. The van der Waals surface area contributed by atoms with E-state index in [-0.39, 0.29) is 17.8 Å². The molecule has 162 valence electrons. The zero-order chi connectivity index (χ0) is 22.5. The Labute approximate surface area is 176 Å². The summed E-state index contributed by atoms with van der Waals surface area (Å²) in [5, 5.41) is 5.86. The first-order valence-electron chi connectivity index (χ1n) is 9.64. The molecule has 30 heavy (non-hydrogen) atoms. The molecule has 0 aromatic heterocycles. The highest BCUT2D eigenvalue weighted by atomic mass is 19.1. The molecule has 0 aliphatic heterocycles. The number of aryl methyl sites for hydroxylation is 1. The Kier molecular flexibility index (Phi) is 7.08. The molecule has 1 aromatic rings. The number of anilines is 1. The predicted octanol–water partition coefficient (Wildman–Crippen LogP) is 4.67. The van der Waals surface area contributed by atoms with Crippen LogP contribution in [0, 0.1) is 12.7 Å². The lowest BCUT2D eigenvalue weighted by Gasteiger charge is -2.27. The standard InChI is InChI=1S/C23H29FN2O4/c1-15-10-11-17(19(24)18(15)20(27)29-6)25-14-16-9-7-8-12-23(5,13-16)26-21(28)30-22(2,3)4/h7-13,25H,14H2,1-6H3,(H,26,28). The average molecular weight is 416 g/mol. The van der Waals surface area contributed by atoms with Gasteiger partial charge in [0.2, 0.25) is 0 Å². The van der Waals surface area contributed by atoms with Crippen LogP contribution in [0.3, 0.4) is 0 Å². The molecule has 7 heteroatoms. The van der Waals surface area contributed by atoms with Gasteiger partial charge in [-0.1, -0.05) is 36.4 Å². The lowest BCUT2D eigenvalue weighted by Crippen LogP contribution is -2.45. The Morgan fingerprint density at radius 3 is 2.53 bits per heavy atom. The van der Waals surface area contributed by atoms with E-state index in [0.29, 0.717) is 5.56 Å². The van der Waals surface area contributed by atoms with Crippen molar-refractivity contribution in [2.45, 2.75) is 45.8 Å². The van der Waals surface area contributed by atoms with Gasteiger partial charge in [-0.25, -0.2) is 14.0 Å². The fraction of sp³-hybridized carbons (Fsp3) is 0.391. The highest BCUT2D eigenvalue weighted by molar-refractivity contribution is 5.92. The lowest BCUT2D eigenvalue weighted by molar-refractivity contribution is 0.0498. The van der Waals surface area contributed by atoms with Crippen molar-refractivity contribution in [3.05, 3.63) is 65.0 Å². The van der Waals surface area contributed by atoms with Crippen LogP contribution in [-0.4, -0.2) is 36.9 Å². The van der Waals surface area contributed by atoms with Crippen LogP contribution < -0.4 is 10.6 Å². The molecule has 1 amide bonds. The molecule has 1 unspecified atom stereocenters. The highest BCUT2D eigenvalue weighted by Crippen LogP contribution is 2.24. The van der Waals surface area contributed by atoms with Gasteiger partial charge in [0.15, 0.2) is 5.82 Å². The van der Waals surface area contributed by atoms with Crippen LogP contribution in [0.1, 0.15) is 43.6 Å². The predicted molar refractivity (Wildman–Crippen MR) is 115 cm³/mol. The first-order chi connectivity index (χ1) is 13.9. The molecular weight excluding hydrogens is 387 g/mol. The van der Waals surface area contributed by atoms with Crippen molar-refractivity contribution in [3.8, 4) is 0 Å². The Balaban J connectivity index is 2.18. The van der Waals surface area contributed by atoms with Gasteiger partial charge < -0.3 is 20.1 Å². The SMILES string of the molecule is COC(=O)c1c(C)ccc(NCC2=CC(C)(NC(=O)OC(C)(C)C)C=CC=C2)c1F. The van der Waals surface area contributed by atoms with Crippen molar-refractivity contribution >= 4 is 17.7 Å². The number of hydrogen-bond acceptors (Lipinski definition) is 5. The molecule has 6 nitrogen and oxygen atoms in total. The summed E-state index contributed by atoms with van der Waals surface area (Å²) in [5.41, 5.74) is 0.0168. The zero-order valence-corrected chi connectivity index (χ0v) is 18.3. The third-order valence-electron chi connectivity index (χ3n) is 4.34. The smallest absolute Gasteiger partial charge is 0.408 e. The second kappa shape index (κ2) is 9.15. The molecule has 1 atom stereocenters. The van der Waals surface area contributed by atoms with Crippen LogP contribution in [0.5, 0.6) is 0 Å². The first-order valence-corrected chi connectivity index (χ1v) is 9.64. The maximum absolute atomic E-state index is 14.8. The number of rotatable bonds is 5. The van der Waals surface area contributed by atoms with Crippen LogP contribution in [0.25, 0.3) is 0 Å². The molecular formula is C23H29FN2O4. The van der Waals surface area contributed by atoms with Gasteiger partial charge in [-0.05, 0) is 51.8 Å². The minimum absolute atomic E-state index is 0.0917. The number of carbonyl (C=O) groups is 2. The molecule has 0 saturated carbocycles. The summed E-state index contributed by atoms with van der Waals surface area (Å²) >= 11 is 0. The Morgan fingerprint density at radius 2 is 1.90 bits per heavy atom.